The van der Waals surface area contributed by atoms with E-state index < -0.39 is 18.1 Å². The molecule has 0 N–H and O–H groups in total. The predicted molar refractivity (Wildman–Crippen MR) is 226 cm³/mol. The van der Waals surface area contributed by atoms with E-state index in [1.54, 1.807) is 9.80 Å². The van der Waals surface area contributed by atoms with Gasteiger partial charge in [-0.25, -0.2) is 14.4 Å². The van der Waals surface area contributed by atoms with E-state index in [9.17, 15) is 14.4 Å². The lowest BCUT2D eigenvalue weighted by atomic mass is 9.99. The van der Waals surface area contributed by atoms with Crippen LogP contribution in [0.4, 0.5) is 21.0 Å². The van der Waals surface area contributed by atoms with Gasteiger partial charge in [-0.2, -0.15) is 0 Å². The van der Waals surface area contributed by atoms with Gasteiger partial charge in [0.15, 0.2) is 6.10 Å². The molecule has 0 saturated heterocycles. The van der Waals surface area contributed by atoms with Crippen LogP contribution in [0.5, 0.6) is 0 Å². The van der Waals surface area contributed by atoms with Crippen LogP contribution in [0.2, 0.25) is 0 Å². The number of nitrogens with zero attached hydrogens (tertiary/aromatic N) is 4. The van der Waals surface area contributed by atoms with E-state index in [4.69, 9.17) is 9.47 Å². The number of carbonyl (C=O) groups is 3. The first-order valence-corrected chi connectivity index (χ1v) is 20.5. The molecule has 0 aromatic heterocycles. The third-order valence-corrected chi connectivity index (χ3v) is 10.4. The third-order valence-electron chi connectivity index (χ3n) is 10.4. The van der Waals surface area contributed by atoms with Gasteiger partial charge in [0.05, 0.1) is 13.2 Å². The summed E-state index contributed by atoms with van der Waals surface area (Å²) in [6, 6.07) is 23.4. The standard InChI is InChI=1S/C46H68N4O5/c1-9-12-14-16-18-32-49(45(52)47(6)40-28-20-36(4)21-29-40)35-42(39-26-24-38(25-27-39)34-43(55-11-3)44(51)54-8)50(33-19-17-15-13-10-2)46(53)48(7)41-30-22-37(5)23-31-41/h20-31,42-43H,9-19,32-35H2,1-8H3. The fraction of sp³-hybridized carbons (Fsp3) is 0.543. The average Bonchev–Trinajstić information content (AvgIpc) is 3.20. The van der Waals surface area contributed by atoms with Gasteiger partial charge in [0.2, 0.25) is 0 Å². The first-order chi connectivity index (χ1) is 26.5. The van der Waals surface area contributed by atoms with Gasteiger partial charge in [-0.15, -0.1) is 0 Å². The zero-order valence-corrected chi connectivity index (χ0v) is 35.0. The van der Waals surface area contributed by atoms with Crippen molar-refractivity contribution in [3.05, 3.63) is 95.1 Å². The molecular formula is C46H68N4O5. The highest BCUT2D eigenvalue weighted by Gasteiger charge is 2.32. The monoisotopic (exact) mass is 757 g/mol. The normalized spacial score (nSPS) is 12.1. The lowest BCUT2D eigenvalue weighted by Gasteiger charge is -2.39. The molecule has 9 nitrogen and oxygen atoms in total. The number of rotatable bonds is 23. The zero-order valence-electron chi connectivity index (χ0n) is 35.0. The molecule has 0 aliphatic rings. The van der Waals surface area contributed by atoms with Crippen molar-refractivity contribution in [3.8, 4) is 0 Å². The third kappa shape index (κ3) is 14.3. The number of carbonyl (C=O) groups excluding carboxylic acids is 3. The molecule has 55 heavy (non-hydrogen) atoms. The van der Waals surface area contributed by atoms with Gasteiger partial charge in [-0.1, -0.05) is 125 Å². The second-order valence-corrected chi connectivity index (χ2v) is 14.8. The zero-order chi connectivity index (χ0) is 40.2. The number of methoxy groups -OCH3 is 1. The fourth-order valence-corrected chi connectivity index (χ4v) is 6.83. The van der Waals surface area contributed by atoms with E-state index in [0.717, 1.165) is 97.8 Å². The van der Waals surface area contributed by atoms with E-state index in [1.165, 1.54) is 7.11 Å². The Bertz CT molecular complexity index is 1560. The van der Waals surface area contributed by atoms with Gasteiger partial charge < -0.3 is 19.3 Å². The van der Waals surface area contributed by atoms with Crippen LogP contribution < -0.4 is 9.80 Å². The minimum atomic E-state index is -0.709. The smallest absolute Gasteiger partial charge is 0.335 e. The molecule has 0 spiro atoms. The Kier molecular flexibility index (Phi) is 19.8. The van der Waals surface area contributed by atoms with Crippen LogP contribution in [0.25, 0.3) is 0 Å². The molecule has 0 radical (unpaired) electrons. The van der Waals surface area contributed by atoms with Crippen molar-refractivity contribution in [2.24, 2.45) is 0 Å². The van der Waals surface area contributed by atoms with Gasteiger partial charge >= 0.3 is 18.0 Å². The van der Waals surface area contributed by atoms with Crippen LogP contribution in [0, 0.1) is 13.8 Å². The number of ether oxygens (including phenoxy) is 2. The summed E-state index contributed by atoms with van der Waals surface area (Å²) in [5.74, 6) is -0.409. The van der Waals surface area contributed by atoms with Crippen LogP contribution in [0.15, 0.2) is 72.8 Å². The summed E-state index contributed by atoms with van der Waals surface area (Å²) in [6.45, 7) is 12.2. The molecule has 9 heteroatoms. The Morgan fingerprint density at radius 1 is 0.618 bits per heavy atom. The number of urea groups is 2. The Labute approximate surface area is 332 Å². The summed E-state index contributed by atoms with van der Waals surface area (Å²) in [5, 5.41) is 0. The lowest BCUT2D eigenvalue weighted by molar-refractivity contribution is -0.153. The highest BCUT2D eigenvalue weighted by Crippen LogP contribution is 2.29. The molecular weight excluding hydrogens is 689 g/mol. The van der Waals surface area contributed by atoms with Crippen molar-refractivity contribution in [1.29, 1.82) is 0 Å². The predicted octanol–water partition coefficient (Wildman–Crippen LogP) is 10.5. The van der Waals surface area contributed by atoms with Crippen molar-refractivity contribution >= 4 is 29.4 Å². The molecule has 3 aromatic rings. The van der Waals surface area contributed by atoms with Gasteiger partial charge in [0, 0.05) is 58.1 Å². The first kappa shape index (κ1) is 45.0. The molecule has 302 valence electrons. The van der Waals surface area contributed by atoms with E-state index in [0.29, 0.717) is 32.7 Å². The molecule has 2 atom stereocenters. The topological polar surface area (TPSA) is 82.6 Å². The van der Waals surface area contributed by atoms with Crippen molar-refractivity contribution in [2.75, 3.05) is 57.2 Å². The van der Waals surface area contributed by atoms with Crippen molar-refractivity contribution in [1.82, 2.24) is 9.80 Å². The number of hydrogen-bond acceptors (Lipinski definition) is 5. The van der Waals surface area contributed by atoms with Crippen LogP contribution in [-0.4, -0.2) is 81.4 Å². The molecule has 3 aromatic carbocycles. The maximum absolute atomic E-state index is 14.8. The molecule has 0 heterocycles. The van der Waals surface area contributed by atoms with E-state index in [1.807, 2.05) is 117 Å². The molecule has 0 bridgehead atoms. The summed E-state index contributed by atoms with van der Waals surface area (Å²) in [6.07, 6.45) is 10.3. The lowest BCUT2D eigenvalue weighted by Crippen LogP contribution is -2.50. The largest absolute Gasteiger partial charge is 0.467 e. The van der Waals surface area contributed by atoms with Crippen molar-refractivity contribution in [2.45, 2.75) is 117 Å². The summed E-state index contributed by atoms with van der Waals surface area (Å²) < 4.78 is 10.7. The Hall–Kier alpha value is -4.37. The number of benzene rings is 3. The van der Waals surface area contributed by atoms with Crippen molar-refractivity contribution in [3.63, 3.8) is 0 Å². The number of unbranched alkanes of at least 4 members (excludes halogenated alkanes) is 8. The number of aryl methyl sites for hydroxylation is 2. The molecule has 0 saturated carbocycles. The van der Waals surface area contributed by atoms with Crippen LogP contribution in [-0.2, 0) is 20.7 Å². The maximum Gasteiger partial charge on any atom is 0.335 e. The highest BCUT2D eigenvalue weighted by molar-refractivity contribution is 5.93. The van der Waals surface area contributed by atoms with Crippen LogP contribution in [0.1, 0.15) is 113 Å². The van der Waals surface area contributed by atoms with Gasteiger partial charge in [-0.05, 0) is 69.0 Å². The molecule has 4 amide bonds. The Morgan fingerprint density at radius 2 is 1.11 bits per heavy atom. The molecule has 3 rings (SSSR count). The number of esters is 1. The summed E-state index contributed by atoms with van der Waals surface area (Å²) in [4.78, 5) is 49.2. The van der Waals surface area contributed by atoms with E-state index in [2.05, 4.69) is 13.8 Å². The fourth-order valence-electron chi connectivity index (χ4n) is 6.83. The highest BCUT2D eigenvalue weighted by atomic mass is 16.6. The Balaban J connectivity index is 2.10. The first-order valence-electron chi connectivity index (χ1n) is 20.5. The maximum atomic E-state index is 14.8. The summed E-state index contributed by atoms with van der Waals surface area (Å²) >= 11 is 0. The van der Waals surface area contributed by atoms with Crippen LogP contribution >= 0.6 is 0 Å². The second-order valence-electron chi connectivity index (χ2n) is 14.8. The number of hydrogen-bond donors (Lipinski definition) is 0. The van der Waals surface area contributed by atoms with E-state index >= 15 is 0 Å². The number of anilines is 2. The molecule has 0 aliphatic carbocycles. The van der Waals surface area contributed by atoms with Crippen molar-refractivity contribution < 1.29 is 23.9 Å². The molecule has 0 fully saturated rings. The quantitative estimate of drug-likeness (QED) is 0.0711. The van der Waals surface area contributed by atoms with Gasteiger partial charge in [0.25, 0.3) is 0 Å². The summed E-state index contributed by atoms with van der Waals surface area (Å²) in [5.41, 5.74) is 5.74. The summed E-state index contributed by atoms with van der Waals surface area (Å²) in [7, 11) is 5.04. The molecule has 0 aliphatic heterocycles. The molecule has 2 unspecified atom stereocenters. The average molecular weight is 757 g/mol. The minimum absolute atomic E-state index is 0.0965. The number of amides is 4. The minimum Gasteiger partial charge on any atom is -0.467 e. The Morgan fingerprint density at radius 3 is 1.60 bits per heavy atom. The van der Waals surface area contributed by atoms with Gasteiger partial charge in [-0.3, -0.25) is 9.80 Å². The van der Waals surface area contributed by atoms with E-state index in [-0.39, 0.29) is 12.1 Å². The second kappa shape index (κ2) is 24.2. The SMILES string of the molecule is CCCCCCCN(CC(c1ccc(CC(OCC)C(=O)OC)cc1)N(CCCCCCC)C(=O)N(C)c1ccc(C)cc1)C(=O)N(C)c1ccc(C)cc1. The van der Waals surface area contributed by atoms with Crippen LogP contribution in [0.3, 0.4) is 0 Å². The van der Waals surface area contributed by atoms with Gasteiger partial charge in [0.1, 0.15) is 0 Å².